The van der Waals surface area contributed by atoms with Crippen molar-refractivity contribution in [2.24, 2.45) is 5.92 Å². The maximum absolute atomic E-state index is 11.2. The van der Waals surface area contributed by atoms with Crippen LogP contribution in [0.4, 0.5) is 0 Å². The Labute approximate surface area is 158 Å². The van der Waals surface area contributed by atoms with Gasteiger partial charge in [-0.05, 0) is 42.6 Å². The molecule has 5 heteroatoms. The molecular weight excluding hydrogens is 346 g/mol. The first kappa shape index (κ1) is 17.6. The molecule has 2 aromatic rings. The van der Waals surface area contributed by atoms with Crippen LogP contribution in [0.2, 0.25) is 0 Å². The minimum absolute atomic E-state index is 0.0521. The molecule has 4 nitrogen and oxygen atoms in total. The summed E-state index contributed by atoms with van der Waals surface area (Å²) in [5.41, 5.74) is 2.44. The number of carboxylic acid groups (broad SMARTS) is 1. The van der Waals surface area contributed by atoms with Crippen LogP contribution in [0.1, 0.15) is 30.1 Å². The summed E-state index contributed by atoms with van der Waals surface area (Å²) in [7, 11) is 0. The number of fused-ring (bicyclic) bond motifs is 2. The molecule has 2 aliphatic heterocycles. The van der Waals surface area contributed by atoms with Gasteiger partial charge in [-0.15, -0.1) is 0 Å². The van der Waals surface area contributed by atoms with Crippen LogP contribution in [0.5, 0.6) is 0 Å². The van der Waals surface area contributed by atoms with E-state index in [0.717, 1.165) is 25.9 Å². The van der Waals surface area contributed by atoms with Crippen LogP contribution < -0.4 is 0 Å². The van der Waals surface area contributed by atoms with E-state index in [1.807, 2.05) is 0 Å². The Morgan fingerprint density at radius 3 is 2.42 bits per heavy atom. The minimum atomic E-state index is -0.678. The molecule has 1 atom stereocenters. The van der Waals surface area contributed by atoms with Crippen LogP contribution in [0.15, 0.2) is 58.3 Å². The number of benzene rings is 2. The van der Waals surface area contributed by atoms with Crippen molar-refractivity contribution in [3.05, 3.63) is 59.7 Å². The number of carbonyl (C=O) groups is 1. The third kappa shape index (κ3) is 3.65. The van der Waals surface area contributed by atoms with Crippen LogP contribution in [0.3, 0.4) is 0 Å². The zero-order chi connectivity index (χ0) is 17.9. The third-order valence-electron chi connectivity index (χ3n) is 5.17. The highest BCUT2D eigenvalue weighted by Gasteiger charge is 2.28. The lowest BCUT2D eigenvalue weighted by Gasteiger charge is -2.32. The number of carboxylic acids is 1. The van der Waals surface area contributed by atoms with Gasteiger partial charge in [0.2, 0.25) is 0 Å². The number of aliphatic carboxylic acids is 1. The molecule has 0 amide bonds. The molecule has 0 spiro atoms. The van der Waals surface area contributed by atoms with Gasteiger partial charge in [-0.1, -0.05) is 48.2 Å². The number of likely N-dealkylation sites (tertiary alicyclic amines) is 1. The largest absolute Gasteiger partial charge is 0.481 e. The van der Waals surface area contributed by atoms with E-state index < -0.39 is 5.97 Å². The summed E-state index contributed by atoms with van der Waals surface area (Å²) >= 11 is 1.80. The molecule has 0 aromatic heterocycles. The molecule has 1 unspecified atom stereocenters. The van der Waals surface area contributed by atoms with Gasteiger partial charge in [0.05, 0.1) is 12.5 Å². The highest BCUT2D eigenvalue weighted by Crippen LogP contribution is 2.45. The zero-order valence-corrected chi connectivity index (χ0v) is 15.5. The van der Waals surface area contributed by atoms with Crippen LogP contribution in [0, 0.1) is 5.92 Å². The lowest BCUT2D eigenvalue weighted by Crippen LogP contribution is -2.40. The van der Waals surface area contributed by atoms with E-state index in [4.69, 9.17) is 4.74 Å². The SMILES string of the molecule is O=C(O)C1CCCN(CCOC2c3ccccc3Sc3ccccc32)C1. The van der Waals surface area contributed by atoms with E-state index in [9.17, 15) is 9.90 Å². The average molecular weight is 369 g/mol. The molecule has 1 fully saturated rings. The van der Waals surface area contributed by atoms with E-state index in [1.54, 1.807) is 11.8 Å². The van der Waals surface area contributed by atoms with Gasteiger partial charge >= 0.3 is 5.97 Å². The van der Waals surface area contributed by atoms with Crippen molar-refractivity contribution in [1.29, 1.82) is 0 Å². The predicted molar refractivity (Wildman–Crippen MR) is 102 cm³/mol. The topological polar surface area (TPSA) is 49.8 Å². The first-order chi connectivity index (χ1) is 12.7. The van der Waals surface area contributed by atoms with Crippen molar-refractivity contribution >= 4 is 17.7 Å². The molecule has 1 N–H and O–H groups in total. The number of piperidine rings is 1. The van der Waals surface area contributed by atoms with Crippen LogP contribution in [0.25, 0.3) is 0 Å². The first-order valence-electron chi connectivity index (χ1n) is 9.15. The smallest absolute Gasteiger partial charge is 0.307 e. The summed E-state index contributed by atoms with van der Waals surface area (Å²) in [5, 5.41) is 9.24. The highest BCUT2D eigenvalue weighted by molar-refractivity contribution is 7.99. The van der Waals surface area contributed by atoms with Gasteiger partial charge in [-0.3, -0.25) is 4.79 Å². The van der Waals surface area contributed by atoms with E-state index >= 15 is 0 Å². The molecule has 2 aromatic carbocycles. The van der Waals surface area contributed by atoms with Crippen molar-refractivity contribution in [1.82, 2.24) is 4.90 Å². The Hall–Kier alpha value is -1.82. The molecule has 4 rings (SSSR count). The highest BCUT2D eigenvalue weighted by atomic mass is 32.2. The number of nitrogens with zero attached hydrogens (tertiary/aromatic N) is 1. The van der Waals surface area contributed by atoms with E-state index in [-0.39, 0.29) is 12.0 Å². The van der Waals surface area contributed by atoms with E-state index in [2.05, 4.69) is 53.4 Å². The number of ether oxygens (including phenoxy) is 1. The average Bonchev–Trinajstić information content (AvgIpc) is 2.67. The molecule has 26 heavy (non-hydrogen) atoms. The minimum Gasteiger partial charge on any atom is -0.481 e. The van der Waals surface area contributed by atoms with Crippen molar-refractivity contribution < 1.29 is 14.6 Å². The lowest BCUT2D eigenvalue weighted by molar-refractivity contribution is -0.143. The Kier molecular flexibility index (Phi) is 5.29. The fourth-order valence-electron chi connectivity index (χ4n) is 3.81. The predicted octanol–water partition coefficient (Wildman–Crippen LogP) is 4.05. The molecule has 2 heterocycles. The number of hydrogen-bond donors (Lipinski definition) is 1. The standard InChI is InChI=1S/C21H23NO3S/c23-21(24)15-6-5-11-22(14-15)12-13-25-20-16-7-1-3-9-18(16)26-19-10-4-2-8-17(19)20/h1-4,7-10,15,20H,5-6,11-14H2,(H,23,24). The first-order valence-corrected chi connectivity index (χ1v) is 9.96. The Bertz CT molecular complexity index is 749. The van der Waals surface area contributed by atoms with Crippen LogP contribution >= 0.6 is 11.8 Å². The van der Waals surface area contributed by atoms with Crippen molar-refractivity contribution in [2.75, 3.05) is 26.2 Å². The third-order valence-corrected chi connectivity index (χ3v) is 6.35. The van der Waals surface area contributed by atoms with Gasteiger partial charge in [0.15, 0.2) is 0 Å². The van der Waals surface area contributed by atoms with Crippen molar-refractivity contribution in [3.8, 4) is 0 Å². The van der Waals surface area contributed by atoms with Gasteiger partial charge in [-0.25, -0.2) is 0 Å². The number of rotatable bonds is 5. The zero-order valence-electron chi connectivity index (χ0n) is 14.6. The van der Waals surface area contributed by atoms with Gasteiger partial charge < -0.3 is 14.7 Å². The molecular formula is C21H23NO3S. The molecule has 2 aliphatic rings. The second-order valence-electron chi connectivity index (χ2n) is 6.91. The quantitative estimate of drug-likeness (QED) is 0.861. The molecule has 0 aliphatic carbocycles. The van der Waals surface area contributed by atoms with E-state index in [0.29, 0.717) is 13.2 Å². The van der Waals surface area contributed by atoms with Crippen molar-refractivity contribution in [3.63, 3.8) is 0 Å². The van der Waals surface area contributed by atoms with E-state index in [1.165, 1.54) is 20.9 Å². The van der Waals surface area contributed by atoms with Crippen LogP contribution in [-0.2, 0) is 9.53 Å². The molecule has 0 radical (unpaired) electrons. The molecule has 136 valence electrons. The fraction of sp³-hybridized carbons (Fsp3) is 0.381. The molecule has 0 saturated carbocycles. The monoisotopic (exact) mass is 369 g/mol. The fourth-order valence-corrected chi connectivity index (χ4v) is 4.92. The molecule has 0 bridgehead atoms. The van der Waals surface area contributed by atoms with Gasteiger partial charge in [-0.2, -0.15) is 0 Å². The molecule has 1 saturated heterocycles. The summed E-state index contributed by atoms with van der Waals surface area (Å²) in [6.07, 6.45) is 1.68. The summed E-state index contributed by atoms with van der Waals surface area (Å²) < 4.78 is 6.33. The lowest BCUT2D eigenvalue weighted by atomic mass is 9.98. The Morgan fingerprint density at radius 2 is 1.77 bits per heavy atom. The second kappa shape index (κ2) is 7.82. The second-order valence-corrected chi connectivity index (χ2v) is 7.99. The Morgan fingerprint density at radius 1 is 1.12 bits per heavy atom. The summed E-state index contributed by atoms with van der Waals surface area (Å²) in [6, 6.07) is 16.8. The van der Waals surface area contributed by atoms with Crippen molar-refractivity contribution in [2.45, 2.75) is 28.7 Å². The Balaban J connectivity index is 1.44. The normalized spacial score (nSPS) is 20.4. The summed E-state index contributed by atoms with van der Waals surface area (Å²) in [5.74, 6) is -0.918. The maximum atomic E-state index is 11.2. The summed E-state index contributed by atoms with van der Waals surface area (Å²) in [6.45, 7) is 2.97. The number of hydrogen-bond acceptors (Lipinski definition) is 4. The maximum Gasteiger partial charge on any atom is 0.307 e. The van der Waals surface area contributed by atoms with Gasteiger partial charge in [0.1, 0.15) is 6.10 Å². The van der Waals surface area contributed by atoms with Gasteiger partial charge in [0.25, 0.3) is 0 Å². The van der Waals surface area contributed by atoms with Gasteiger partial charge in [0, 0.05) is 22.9 Å². The summed E-state index contributed by atoms with van der Waals surface area (Å²) in [4.78, 5) is 16.0. The van der Waals surface area contributed by atoms with Crippen LogP contribution in [-0.4, -0.2) is 42.2 Å².